The Morgan fingerprint density at radius 3 is 1.38 bits per heavy atom. The molecule has 0 radical (unpaired) electrons. The molecule has 0 atom stereocenters. The number of aliphatic hydroxyl groups is 1. The van der Waals surface area contributed by atoms with Crippen LogP contribution < -0.4 is 0 Å². The van der Waals surface area contributed by atoms with Gasteiger partial charge >= 0.3 is 0 Å². The highest BCUT2D eigenvalue weighted by Gasteiger charge is 2.33. The zero-order chi connectivity index (χ0) is 14.7. The Morgan fingerprint density at radius 2 is 0.952 bits per heavy atom. The Kier molecular flexibility index (Phi) is 3.91. The molecule has 0 heterocycles. The Bertz CT molecular complexity index is 666. The predicted molar refractivity (Wildman–Crippen MR) is 89.1 cm³/mol. The van der Waals surface area contributed by atoms with Gasteiger partial charge in [0, 0.05) is 4.47 Å². The number of halogens is 1. The Hall–Kier alpha value is -1.90. The standard InChI is InChI=1S/C19H15BrO/c20-18-13-11-17(12-14-18)19(21,15-7-3-1-4-8-15)16-9-5-2-6-10-16/h1-14,21H. The van der Waals surface area contributed by atoms with Crippen LogP contribution in [-0.2, 0) is 5.60 Å². The molecule has 0 aliphatic carbocycles. The molecule has 1 nitrogen and oxygen atoms in total. The number of rotatable bonds is 3. The molecule has 3 rings (SSSR count). The first-order chi connectivity index (χ1) is 10.2. The van der Waals surface area contributed by atoms with E-state index in [0.29, 0.717) is 0 Å². The topological polar surface area (TPSA) is 20.2 Å². The van der Waals surface area contributed by atoms with Gasteiger partial charge < -0.3 is 5.11 Å². The summed E-state index contributed by atoms with van der Waals surface area (Å²) in [6, 6.07) is 27.3. The van der Waals surface area contributed by atoms with E-state index in [1.807, 2.05) is 84.9 Å². The zero-order valence-corrected chi connectivity index (χ0v) is 13.0. The third-order valence-corrected chi connectivity index (χ3v) is 4.17. The molecule has 0 bridgehead atoms. The van der Waals surface area contributed by atoms with Gasteiger partial charge in [-0.25, -0.2) is 0 Å². The molecular weight excluding hydrogens is 324 g/mol. The van der Waals surface area contributed by atoms with E-state index in [4.69, 9.17) is 0 Å². The van der Waals surface area contributed by atoms with Crippen molar-refractivity contribution in [2.45, 2.75) is 5.60 Å². The molecule has 0 fully saturated rings. The Morgan fingerprint density at radius 1 is 0.571 bits per heavy atom. The summed E-state index contributed by atoms with van der Waals surface area (Å²) in [7, 11) is 0. The van der Waals surface area contributed by atoms with Gasteiger partial charge in [0.25, 0.3) is 0 Å². The summed E-state index contributed by atoms with van der Waals surface area (Å²) in [6.45, 7) is 0. The van der Waals surface area contributed by atoms with Crippen molar-refractivity contribution in [2.24, 2.45) is 0 Å². The van der Waals surface area contributed by atoms with Crippen molar-refractivity contribution in [1.82, 2.24) is 0 Å². The maximum absolute atomic E-state index is 11.5. The summed E-state index contributed by atoms with van der Waals surface area (Å²) in [4.78, 5) is 0. The molecule has 1 N–H and O–H groups in total. The van der Waals surface area contributed by atoms with Crippen LogP contribution >= 0.6 is 15.9 Å². The average molecular weight is 339 g/mol. The van der Waals surface area contributed by atoms with Crippen LogP contribution in [-0.4, -0.2) is 5.11 Å². The largest absolute Gasteiger partial charge is 0.376 e. The van der Waals surface area contributed by atoms with Crippen LogP contribution in [0.15, 0.2) is 89.4 Å². The molecular formula is C19H15BrO. The lowest BCUT2D eigenvalue weighted by Gasteiger charge is -2.30. The van der Waals surface area contributed by atoms with Crippen molar-refractivity contribution in [2.75, 3.05) is 0 Å². The normalized spacial score (nSPS) is 11.3. The lowest BCUT2D eigenvalue weighted by Crippen LogP contribution is -2.28. The fraction of sp³-hybridized carbons (Fsp3) is 0.0526. The first kappa shape index (κ1) is 14.1. The smallest absolute Gasteiger partial charge is 0.140 e. The van der Waals surface area contributed by atoms with Crippen molar-refractivity contribution in [3.8, 4) is 0 Å². The molecule has 0 unspecified atom stereocenters. The van der Waals surface area contributed by atoms with Crippen LogP contribution in [0, 0.1) is 0 Å². The van der Waals surface area contributed by atoms with Gasteiger partial charge in [-0.2, -0.15) is 0 Å². The van der Waals surface area contributed by atoms with Crippen molar-refractivity contribution in [3.63, 3.8) is 0 Å². The maximum Gasteiger partial charge on any atom is 0.140 e. The minimum atomic E-state index is -1.15. The van der Waals surface area contributed by atoms with Crippen LogP contribution in [0.3, 0.4) is 0 Å². The molecule has 21 heavy (non-hydrogen) atoms. The third-order valence-electron chi connectivity index (χ3n) is 3.65. The van der Waals surface area contributed by atoms with Crippen LogP contribution in [0.1, 0.15) is 16.7 Å². The van der Waals surface area contributed by atoms with Gasteiger partial charge in [0.15, 0.2) is 0 Å². The molecule has 0 aliphatic heterocycles. The molecule has 0 aromatic heterocycles. The number of benzene rings is 3. The highest BCUT2D eigenvalue weighted by molar-refractivity contribution is 9.10. The van der Waals surface area contributed by atoms with E-state index >= 15 is 0 Å². The van der Waals surface area contributed by atoms with E-state index < -0.39 is 5.60 Å². The SMILES string of the molecule is OC(c1ccccc1)(c1ccccc1)c1ccc(Br)cc1. The van der Waals surface area contributed by atoms with Gasteiger partial charge in [-0.15, -0.1) is 0 Å². The second-order valence-electron chi connectivity index (χ2n) is 4.95. The van der Waals surface area contributed by atoms with Crippen molar-refractivity contribution < 1.29 is 5.11 Å². The molecule has 0 saturated carbocycles. The zero-order valence-electron chi connectivity index (χ0n) is 11.4. The first-order valence-corrected chi connectivity index (χ1v) is 7.60. The molecule has 0 spiro atoms. The first-order valence-electron chi connectivity index (χ1n) is 6.81. The molecule has 0 amide bonds. The van der Waals surface area contributed by atoms with Crippen molar-refractivity contribution in [3.05, 3.63) is 106 Å². The predicted octanol–water partition coefficient (Wildman–Crippen LogP) is 4.73. The van der Waals surface area contributed by atoms with Crippen LogP contribution in [0.25, 0.3) is 0 Å². The van der Waals surface area contributed by atoms with E-state index in [1.54, 1.807) is 0 Å². The highest BCUT2D eigenvalue weighted by Crippen LogP contribution is 2.36. The lowest BCUT2D eigenvalue weighted by molar-refractivity contribution is 0.125. The van der Waals surface area contributed by atoms with Gasteiger partial charge in [-0.1, -0.05) is 88.7 Å². The van der Waals surface area contributed by atoms with Gasteiger partial charge in [-0.3, -0.25) is 0 Å². The van der Waals surface area contributed by atoms with E-state index in [1.165, 1.54) is 0 Å². The minimum Gasteiger partial charge on any atom is -0.376 e. The highest BCUT2D eigenvalue weighted by atomic mass is 79.9. The third kappa shape index (κ3) is 2.65. The second-order valence-corrected chi connectivity index (χ2v) is 5.87. The van der Waals surface area contributed by atoms with E-state index in [9.17, 15) is 5.11 Å². The van der Waals surface area contributed by atoms with E-state index in [0.717, 1.165) is 21.2 Å². The molecule has 3 aromatic carbocycles. The number of hydrogen-bond donors (Lipinski definition) is 1. The number of hydrogen-bond acceptors (Lipinski definition) is 1. The second kappa shape index (κ2) is 5.84. The van der Waals surface area contributed by atoms with Gasteiger partial charge in [0.05, 0.1) is 0 Å². The van der Waals surface area contributed by atoms with Crippen LogP contribution in [0.5, 0.6) is 0 Å². The van der Waals surface area contributed by atoms with E-state index in [2.05, 4.69) is 15.9 Å². The van der Waals surface area contributed by atoms with Crippen molar-refractivity contribution in [1.29, 1.82) is 0 Å². The summed E-state index contributed by atoms with van der Waals surface area (Å²) < 4.78 is 0.995. The molecule has 3 aromatic rings. The maximum atomic E-state index is 11.5. The lowest BCUT2D eigenvalue weighted by atomic mass is 9.80. The monoisotopic (exact) mass is 338 g/mol. The summed E-state index contributed by atoms with van der Waals surface area (Å²) in [5, 5.41) is 11.5. The summed E-state index contributed by atoms with van der Waals surface area (Å²) in [5.74, 6) is 0. The minimum absolute atomic E-state index is 0.850. The fourth-order valence-electron chi connectivity index (χ4n) is 2.55. The van der Waals surface area contributed by atoms with Gasteiger partial charge in [0.1, 0.15) is 5.60 Å². The van der Waals surface area contributed by atoms with Crippen molar-refractivity contribution >= 4 is 15.9 Å². The fourth-order valence-corrected chi connectivity index (χ4v) is 2.81. The summed E-state index contributed by atoms with van der Waals surface area (Å²) >= 11 is 3.44. The van der Waals surface area contributed by atoms with Gasteiger partial charge in [0.2, 0.25) is 0 Å². The van der Waals surface area contributed by atoms with Gasteiger partial charge in [-0.05, 0) is 28.8 Å². The Labute approximate surface area is 133 Å². The quantitative estimate of drug-likeness (QED) is 0.684. The average Bonchev–Trinajstić information content (AvgIpc) is 2.56. The molecule has 0 saturated heterocycles. The Balaban J connectivity index is 2.23. The molecule has 104 valence electrons. The van der Waals surface area contributed by atoms with Crippen LogP contribution in [0.4, 0.5) is 0 Å². The van der Waals surface area contributed by atoms with E-state index in [-0.39, 0.29) is 0 Å². The summed E-state index contributed by atoms with van der Waals surface area (Å²) in [5.41, 5.74) is 1.42. The molecule has 0 aliphatic rings. The molecule has 2 heteroatoms. The van der Waals surface area contributed by atoms with Crippen LogP contribution in [0.2, 0.25) is 0 Å². The summed E-state index contributed by atoms with van der Waals surface area (Å²) in [6.07, 6.45) is 0.